The number of carbonyl (C=O) groups is 1. The number of carbonyl (C=O) groups excluding carboxylic acids is 1. The maximum atomic E-state index is 12.3. The minimum atomic E-state index is 0.0651. The molecule has 2 atom stereocenters. The monoisotopic (exact) mass is 358 g/mol. The quantitative estimate of drug-likeness (QED) is 0.797. The number of nitrogens with two attached hydrogens (primary N) is 1. The lowest BCUT2D eigenvalue weighted by molar-refractivity contribution is -0.117. The molecule has 1 aromatic heterocycles. The Balaban J connectivity index is 1.52. The second-order valence-corrected chi connectivity index (χ2v) is 7.68. The summed E-state index contributed by atoms with van der Waals surface area (Å²) in [5, 5.41) is 5.10. The molecule has 0 aliphatic heterocycles. The Hall–Kier alpha value is -1.76. The predicted octanol–water partition coefficient (Wildman–Crippen LogP) is 3.23. The smallest absolute Gasteiger partial charge is 0.224 e. The van der Waals surface area contributed by atoms with E-state index in [9.17, 15) is 4.79 Å². The van der Waals surface area contributed by atoms with Crippen molar-refractivity contribution in [2.24, 2.45) is 11.7 Å². The Morgan fingerprint density at radius 2 is 2.28 bits per heavy atom. The van der Waals surface area contributed by atoms with Crippen molar-refractivity contribution in [2.45, 2.75) is 44.8 Å². The van der Waals surface area contributed by atoms with Gasteiger partial charge in [0, 0.05) is 36.6 Å². The Morgan fingerprint density at radius 3 is 3.00 bits per heavy atom. The van der Waals surface area contributed by atoms with Crippen LogP contribution in [-0.2, 0) is 17.9 Å². The molecule has 25 heavy (non-hydrogen) atoms. The van der Waals surface area contributed by atoms with Crippen LogP contribution in [0.3, 0.4) is 0 Å². The molecule has 0 saturated heterocycles. The molecule has 0 unspecified atom stereocenters. The SMILES string of the molecule is CN(Cc1cccc(NC(=O)C[C@@H]2CCC[C@H]2N)c1)Cc1cscn1. The van der Waals surface area contributed by atoms with Crippen molar-refractivity contribution in [3.05, 3.63) is 46.4 Å². The molecule has 3 rings (SSSR count). The van der Waals surface area contributed by atoms with Crippen LogP contribution in [-0.4, -0.2) is 28.9 Å². The Bertz CT molecular complexity index is 688. The second-order valence-electron chi connectivity index (χ2n) is 6.96. The number of benzene rings is 1. The zero-order valence-electron chi connectivity index (χ0n) is 14.6. The van der Waals surface area contributed by atoms with E-state index in [1.165, 1.54) is 5.56 Å². The Morgan fingerprint density at radius 1 is 1.40 bits per heavy atom. The molecule has 0 bridgehead atoms. The van der Waals surface area contributed by atoms with Gasteiger partial charge in [0.15, 0.2) is 0 Å². The van der Waals surface area contributed by atoms with Crippen LogP contribution < -0.4 is 11.1 Å². The lowest BCUT2D eigenvalue weighted by Crippen LogP contribution is -2.28. The lowest BCUT2D eigenvalue weighted by atomic mass is 10.00. The van der Waals surface area contributed by atoms with Crippen molar-refractivity contribution < 1.29 is 4.79 Å². The van der Waals surface area contributed by atoms with Crippen molar-refractivity contribution in [1.29, 1.82) is 0 Å². The summed E-state index contributed by atoms with van der Waals surface area (Å²) < 4.78 is 0. The summed E-state index contributed by atoms with van der Waals surface area (Å²) in [4.78, 5) is 18.8. The van der Waals surface area contributed by atoms with E-state index in [4.69, 9.17) is 5.73 Å². The highest BCUT2D eigenvalue weighted by Gasteiger charge is 2.26. The van der Waals surface area contributed by atoms with Crippen LogP contribution in [0.4, 0.5) is 5.69 Å². The van der Waals surface area contributed by atoms with E-state index in [2.05, 4.69) is 33.7 Å². The second kappa shape index (κ2) is 8.56. The molecule has 1 saturated carbocycles. The van der Waals surface area contributed by atoms with Gasteiger partial charge in [-0.3, -0.25) is 9.69 Å². The number of hydrogen-bond donors (Lipinski definition) is 2. The zero-order chi connectivity index (χ0) is 17.6. The van der Waals surface area contributed by atoms with Crippen LogP contribution in [0.5, 0.6) is 0 Å². The fraction of sp³-hybridized carbons (Fsp3) is 0.474. The average Bonchev–Trinajstić information content (AvgIpc) is 3.20. The third-order valence-electron chi connectivity index (χ3n) is 4.74. The molecule has 1 aromatic carbocycles. The maximum Gasteiger partial charge on any atom is 0.224 e. The van der Waals surface area contributed by atoms with Crippen molar-refractivity contribution in [3.63, 3.8) is 0 Å². The topological polar surface area (TPSA) is 71.2 Å². The first-order valence-electron chi connectivity index (χ1n) is 8.80. The number of aromatic nitrogens is 1. The van der Waals surface area contributed by atoms with Gasteiger partial charge in [0.2, 0.25) is 5.91 Å². The Labute approximate surface area is 153 Å². The summed E-state index contributed by atoms with van der Waals surface area (Å²) in [6.45, 7) is 1.63. The minimum absolute atomic E-state index is 0.0651. The van der Waals surface area contributed by atoms with E-state index in [1.54, 1.807) is 11.3 Å². The molecule has 1 fully saturated rings. The Kier molecular flexibility index (Phi) is 6.18. The van der Waals surface area contributed by atoms with Gasteiger partial charge in [-0.25, -0.2) is 4.98 Å². The van der Waals surface area contributed by atoms with Gasteiger partial charge in [-0.2, -0.15) is 0 Å². The molecule has 6 heteroatoms. The number of hydrogen-bond acceptors (Lipinski definition) is 5. The first-order valence-corrected chi connectivity index (χ1v) is 9.74. The van der Waals surface area contributed by atoms with Gasteiger partial charge in [-0.05, 0) is 43.5 Å². The molecule has 3 N–H and O–H groups in total. The summed E-state index contributed by atoms with van der Waals surface area (Å²) in [5.41, 5.74) is 11.0. The molecule has 1 amide bonds. The van der Waals surface area contributed by atoms with Crippen molar-refractivity contribution >= 4 is 22.9 Å². The molecule has 1 heterocycles. The van der Waals surface area contributed by atoms with Crippen LogP contribution in [0.2, 0.25) is 0 Å². The third-order valence-corrected chi connectivity index (χ3v) is 5.38. The first-order chi connectivity index (χ1) is 12.1. The van der Waals surface area contributed by atoms with E-state index in [1.807, 2.05) is 23.7 Å². The van der Waals surface area contributed by atoms with Gasteiger partial charge in [0.25, 0.3) is 0 Å². The number of thiazole rings is 1. The zero-order valence-corrected chi connectivity index (χ0v) is 15.5. The number of nitrogens with zero attached hydrogens (tertiary/aromatic N) is 2. The normalized spacial score (nSPS) is 20.1. The van der Waals surface area contributed by atoms with Crippen LogP contribution >= 0.6 is 11.3 Å². The first kappa shape index (κ1) is 18.0. The number of rotatable bonds is 7. The van der Waals surface area contributed by atoms with E-state index in [0.717, 1.165) is 43.7 Å². The standard InChI is InChI=1S/C19H26N4OS/c1-23(11-17-12-25-13-21-17)10-14-4-2-6-16(8-14)22-19(24)9-15-5-3-7-18(15)20/h2,4,6,8,12-13,15,18H,3,5,7,9-11,20H2,1H3,(H,22,24)/t15-,18+/m0/s1. The molecule has 2 aromatic rings. The van der Waals surface area contributed by atoms with E-state index < -0.39 is 0 Å². The van der Waals surface area contributed by atoms with Gasteiger partial charge in [-0.15, -0.1) is 11.3 Å². The molecule has 134 valence electrons. The fourth-order valence-corrected chi connectivity index (χ4v) is 4.03. The van der Waals surface area contributed by atoms with Crippen molar-refractivity contribution in [1.82, 2.24) is 9.88 Å². The van der Waals surface area contributed by atoms with Gasteiger partial charge >= 0.3 is 0 Å². The highest BCUT2D eigenvalue weighted by Crippen LogP contribution is 2.27. The molecule has 0 radical (unpaired) electrons. The van der Waals surface area contributed by atoms with Gasteiger partial charge in [0.05, 0.1) is 11.2 Å². The van der Waals surface area contributed by atoms with E-state index in [0.29, 0.717) is 12.3 Å². The van der Waals surface area contributed by atoms with Gasteiger partial charge in [0.1, 0.15) is 0 Å². The third kappa shape index (κ3) is 5.36. The number of nitrogens with one attached hydrogen (secondary N) is 1. The maximum absolute atomic E-state index is 12.3. The van der Waals surface area contributed by atoms with E-state index in [-0.39, 0.29) is 11.9 Å². The average molecular weight is 359 g/mol. The molecular weight excluding hydrogens is 332 g/mol. The predicted molar refractivity (Wildman–Crippen MR) is 102 cm³/mol. The number of amides is 1. The summed E-state index contributed by atoms with van der Waals surface area (Å²) in [6, 6.07) is 8.24. The van der Waals surface area contributed by atoms with Gasteiger partial charge < -0.3 is 11.1 Å². The summed E-state index contributed by atoms with van der Waals surface area (Å²) in [5.74, 6) is 0.391. The summed E-state index contributed by atoms with van der Waals surface area (Å²) in [6.07, 6.45) is 3.77. The minimum Gasteiger partial charge on any atom is -0.327 e. The van der Waals surface area contributed by atoms with Crippen molar-refractivity contribution in [2.75, 3.05) is 12.4 Å². The molecule has 0 spiro atoms. The van der Waals surface area contributed by atoms with Gasteiger partial charge in [-0.1, -0.05) is 18.6 Å². The summed E-state index contributed by atoms with van der Waals surface area (Å²) in [7, 11) is 2.08. The molecule has 1 aliphatic rings. The van der Waals surface area contributed by atoms with Crippen LogP contribution in [0, 0.1) is 5.92 Å². The molecular formula is C19H26N4OS. The largest absolute Gasteiger partial charge is 0.327 e. The highest BCUT2D eigenvalue weighted by atomic mass is 32.1. The van der Waals surface area contributed by atoms with E-state index >= 15 is 0 Å². The number of anilines is 1. The highest BCUT2D eigenvalue weighted by molar-refractivity contribution is 7.07. The van der Waals surface area contributed by atoms with Crippen LogP contribution in [0.15, 0.2) is 35.2 Å². The van der Waals surface area contributed by atoms with Crippen molar-refractivity contribution in [3.8, 4) is 0 Å². The van der Waals surface area contributed by atoms with Crippen LogP contribution in [0.1, 0.15) is 36.9 Å². The molecule has 1 aliphatic carbocycles. The molecule has 5 nitrogen and oxygen atoms in total. The lowest BCUT2D eigenvalue weighted by Gasteiger charge is -2.17. The van der Waals surface area contributed by atoms with Crippen LogP contribution in [0.25, 0.3) is 0 Å². The fourth-order valence-electron chi connectivity index (χ4n) is 3.48. The summed E-state index contributed by atoms with van der Waals surface area (Å²) >= 11 is 1.62.